The van der Waals surface area contributed by atoms with Gasteiger partial charge in [-0.2, -0.15) is 13.2 Å². The first-order valence-corrected chi connectivity index (χ1v) is 6.14. The van der Waals surface area contributed by atoms with Gasteiger partial charge in [0.1, 0.15) is 0 Å². The number of aromatic nitrogens is 1. The van der Waals surface area contributed by atoms with Crippen molar-refractivity contribution in [2.75, 3.05) is 0 Å². The molecule has 0 atom stereocenters. The Morgan fingerprint density at radius 2 is 2.00 bits per heavy atom. The average Bonchev–Trinajstić information content (AvgIpc) is 2.58. The highest BCUT2D eigenvalue weighted by Gasteiger charge is 2.35. The summed E-state index contributed by atoms with van der Waals surface area (Å²) in [5.41, 5.74) is 1.21. The summed E-state index contributed by atoms with van der Waals surface area (Å²) in [4.78, 5) is 0. The molecule has 90 valence electrons. The zero-order chi connectivity index (χ0) is 12.2. The molecule has 1 aromatic carbocycles. The van der Waals surface area contributed by atoms with Gasteiger partial charge in [-0.1, -0.05) is 15.9 Å². The fourth-order valence-electron chi connectivity index (χ4n) is 2.52. The minimum Gasteiger partial charge on any atom is -0.347 e. The van der Waals surface area contributed by atoms with Crippen LogP contribution in [0.1, 0.15) is 17.5 Å². The Bertz CT molecular complexity index is 598. The van der Waals surface area contributed by atoms with E-state index in [1.807, 2.05) is 6.07 Å². The van der Waals surface area contributed by atoms with Gasteiger partial charge in [0.05, 0.1) is 11.1 Å². The molecule has 1 aliphatic heterocycles. The zero-order valence-electron chi connectivity index (χ0n) is 8.81. The van der Waals surface area contributed by atoms with E-state index in [2.05, 4.69) is 15.9 Å². The Kier molecular flexibility index (Phi) is 2.30. The number of aryl methyl sites for hydroxylation is 2. The fourth-order valence-corrected chi connectivity index (χ4v) is 3.03. The molecule has 1 nitrogen and oxygen atoms in total. The van der Waals surface area contributed by atoms with Crippen LogP contribution in [0.15, 0.2) is 22.8 Å². The van der Waals surface area contributed by atoms with Crippen molar-refractivity contribution in [2.45, 2.75) is 25.6 Å². The van der Waals surface area contributed by atoms with Crippen LogP contribution in [0.25, 0.3) is 10.9 Å². The molecule has 0 unspecified atom stereocenters. The summed E-state index contributed by atoms with van der Waals surface area (Å²) >= 11 is 3.28. The normalized spacial score (nSPS) is 15.5. The molecule has 1 aliphatic rings. The van der Waals surface area contributed by atoms with E-state index < -0.39 is 11.7 Å². The van der Waals surface area contributed by atoms with Crippen molar-refractivity contribution in [3.63, 3.8) is 0 Å². The van der Waals surface area contributed by atoms with Gasteiger partial charge < -0.3 is 4.57 Å². The van der Waals surface area contributed by atoms with Crippen LogP contribution in [0, 0.1) is 0 Å². The van der Waals surface area contributed by atoms with Crippen LogP contribution in [0.3, 0.4) is 0 Å². The van der Waals surface area contributed by atoms with Crippen LogP contribution >= 0.6 is 15.9 Å². The van der Waals surface area contributed by atoms with Crippen molar-refractivity contribution in [1.82, 2.24) is 4.57 Å². The summed E-state index contributed by atoms with van der Waals surface area (Å²) in [6, 6.07) is 3.47. The molecule has 0 fully saturated rings. The molecular formula is C12H9BrF3N. The van der Waals surface area contributed by atoms with E-state index in [-0.39, 0.29) is 0 Å². The van der Waals surface area contributed by atoms with Gasteiger partial charge in [0.2, 0.25) is 0 Å². The molecule has 0 amide bonds. The smallest absolute Gasteiger partial charge is 0.347 e. The van der Waals surface area contributed by atoms with E-state index in [0.717, 1.165) is 23.9 Å². The lowest BCUT2D eigenvalue weighted by molar-refractivity contribution is -0.136. The van der Waals surface area contributed by atoms with Crippen LogP contribution in [0.2, 0.25) is 0 Å². The van der Waals surface area contributed by atoms with Gasteiger partial charge in [-0.05, 0) is 30.5 Å². The summed E-state index contributed by atoms with van der Waals surface area (Å²) in [5.74, 6) is 0. The SMILES string of the molecule is FC(F)(F)c1cn2c3c(cc(Br)cc13)CCC2. The van der Waals surface area contributed by atoms with Gasteiger partial charge in [0, 0.05) is 22.6 Å². The number of hydrogen-bond acceptors (Lipinski definition) is 0. The van der Waals surface area contributed by atoms with Gasteiger partial charge in [-0.3, -0.25) is 0 Å². The number of rotatable bonds is 0. The second-order valence-corrected chi connectivity index (χ2v) is 5.21. The number of alkyl halides is 3. The standard InChI is InChI=1S/C12H9BrF3N/c13-8-4-7-2-1-3-17-6-10(12(14,15)16)9(5-8)11(7)17/h4-6H,1-3H2. The Hall–Kier alpha value is -0.970. The van der Waals surface area contributed by atoms with Crippen LogP contribution in [-0.2, 0) is 19.1 Å². The second-order valence-electron chi connectivity index (χ2n) is 4.30. The fraction of sp³-hybridized carbons (Fsp3) is 0.333. The van der Waals surface area contributed by atoms with Gasteiger partial charge in [0.15, 0.2) is 0 Å². The predicted molar refractivity (Wildman–Crippen MR) is 63.0 cm³/mol. The van der Waals surface area contributed by atoms with Crippen molar-refractivity contribution >= 4 is 26.8 Å². The minimum atomic E-state index is -4.29. The van der Waals surface area contributed by atoms with E-state index in [1.54, 1.807) is 10.6 Å². The molecule has 0 saturated heterocycles. The lowest BCUT2D eigenvalue weighted by atomic mass is 10.0. The minimum absolute atomic E-state index is 0.307. The van der Waals surface area contributed by atoms with Crippen LogP contribution in [0.5, 0.6) is 0 Å². The molecule has 5 heteroatoms. The first-order chi connectivity index (χ1) is 7.97. The molecule has 0 saturated carbocycles. The lowest BCUT2D eigenvalue weighted by Crippen LogP contribution is -2.06. The average molecular weight is 304 g/mol. The maximum absolute atomic E-state index is 12.9. The maximum Gasteiger partial charge on any atom is 0.418 e. The van der Waals surface area contributed by atoms with Gasteiger partial charge in [-0.15, -0.1) is 0 Å². The Balaban J connectivity index is 2.41. The summed E-state index contributed by atoms with van der Waals surface area (Å²) in [5, 5.41) is 0.307. The van der Waals surface area contributed by atoms with Crippen molar-refractivity contribution in [3.8, 4) is 0 Å². The monoisotopic (exact) mass is 303 g/mol. The molecule has 0 radical (unpaired) electrons. The highest BCUT2D eigenvalue weighted by Crippen LogP contribution is 2.40. The Morgan fingerprint density at radius 3 is 2.71 bits per heavy atom. The van der Waals surface area contributed by atoms with Crippen LogP contribution < -0.4 is 0 Å². The quantitative estimate of drug-likeness (QED) is 0.681. The lowest BCUT2D eigenvalue weighted by Gasteiger charge is -2.15. The molecular weight excluding hydrogens is 295 g/mol. The molecule has 2 aromatic rings. The van der Waals surface area contributed by atoms with Crippen molar-refractivity contribution in [3.05, 3.63) is 33.9 Å². The third-order valence-corrected chi connectivity index (χ3v) is 3.62. The third kappa shape index (κ3) is 1.68. The van der Waals surface area contributed by atoms with Crippen molar-refractivity contribution in [2.24, 2.45) is 0 Å². The van der Waals surface area contributed by atoms with E-state index in [0.29, 0.717) is 16.4 Å². The van der Waals surface area contributed by atoms with Gasteiger partial charge in [-0.25, -0.2) is 0 Å². The first kappa shape index (κ1) is 11.1. The molecule has 0 bridgehead atoms. The van der Waals surface area contributed by atoms with E-state index in [9.17, 15) is 13.2 Å². The largest absolute Gasteiger partial charge is 0.418 e. The summed E-state index contributed by atoms with van der Waals surface area (Å²) in [7, 11) is 0. The predicted octanol–water partition coefficient (Wildman–Crippen LogP) is 4.37. The molecule has 1 aromatic heterocycles. The molecule has 0 aliphatic carbocycles. The van der Waals surface area contributed by atoms with Crippen LogP contribution in [0.4, 0.5) is 13.2 Å². The molecule has 3 rings (SSSR count). The Labute approximate surface area is 104 Å². The molecule has 0 N–H and O–H groups in total. The number of halogens is 4. The van der Waals surface area contributed by atoms with E-state index in [1.165, 1.54) is 6.20 Å². The number of hydrogen-bond donors (Lipinski definition) is 0. The van der Waals surface area contributed by atoms with Crippen molar-refractivity contribution < 1.29 is 13.2 Å². The number of nitrogens with zero attached hydrogens (tertiary/aromatic N) is 1. The van der Waals surface area contributed by atoms with Crippen LogP contribution in [-0.4, -0.2) is 4.57 Å². The molecule has 0 spiro atoms. The van der Waals surface area contributed by atoms with Gasteiger partial charge >= 0.3 is 6.18 Å². The molecule has 17 heavy (non-hydrogen) atoms. The van der Waals surface area contributed by atoms with Gasteiger partial charge in [0.25, 0.3) is 0 Å². The second kappa shape index (κ2) is 3.51. The Morgan fingerprint density at radius 1 is 1.24 bits per heavy atom. The maximum atomic E-state index is 12.9. The zero-order valence-corrected chi connectivity index (χ0v) is 10.4. The summed E-state index contributed by atoms with van der Waals surface area (Å²) < 4.78 is 41.2. The van der Waals surface area contributed by atoms with E-state index in [4.69, 9.17) is 0 Å². The topological polar surface area (TPSA) is 4.93 Å². The highest BCUT2D eigenvalue weighted by atomic mass is 79.9. The summed E-state index contributed by atoms with van der Waals surface area (Å²) in [6.07, 6.45) is -1.31. The molecule has 2 heterocycles. The number of benzene rings is 1. The summed E-state index contributed by atoms with van der Waals surface area (Å²) in [6.45, 7) is 0.668. The first-order valence-electron chi connectivity index (χ1n) is 5.35. The van der Waals surface area contributed by atoms with Crippen molar-refractivity contribution in [1.29, 1.82) is 0 Å². The highest BCUT2D eigenvalue weighted by molar-refractivity contribution is 9.10. The third-order valence-electron chi connectivity index (χ3n) is 3.17. The van der Waals surface area contributed by atoms with E-state index >= 15 is 0 Å².